The lowest BCUT2D eigenvalue weighted by atomic mass is 10.2. The molecule has 0 heterocycles. The van der Waals surface area contributed by atoms with Crippen LogP contribution >= 0.6 is 0 Å². The molecule has 0 saturated carbocycles. The molecule has 0 aliphatic heterocycles. The summed E-state index contributed by atoms with van der Waals surface area (Å²) >= 11 is 0. The average Bonchev–Trinajstić information content (AvgIpc) is 2.25. The van der Waals surface area contributed by atoms with Crippen LogP contribution in [-0.4, -0.2) is 29.4 Å². The maximum absolute atomic E-state index is 10.8. The molecule has 0 aliphatic carbocycles. The zero-order valence-electron chi connectivity index (χ0n) is 8.56. The van der Waals surface area contributed by atoms with Crippen molar-refractivity contribution < 1.29 is 24.2 Å². The number of carbonyl (C=O) groups excluding carboxylic acids is 2. The van der Waals surface area contributed by atoms with Crippen molar-refractivity contribution in [2.24, 2.45) is 0 Å². The highest BCUT2D eigenvalue weighted by Gasteiger charge is 2.30. The van der Waals surface area contributed by atoms with Crippen molar-refractivity contribution in [3.05, 3.63) is 25.3 Å². The molecular weight excluding hydrogens is 200 g/mol. The van der Waals surface area contributed by atoms with Crippen molar-refractivity contribution in [2.75, 3.05) is 6.61 Å². The molecule has 0 amide bonds. The Labute approximate surface area is 88.0 Å². The Morgan fingerprint density at radius 2 is 1.87 bits per heavy atom. The highest BCUT2D eigenvalue weighted by Crippen LogP contribution is 2.13. The molecule has 15 heavy (non-hydrogen) atoms. The van der Waals surface area contributed by atoms with Crippen LogP contribution in [-0.2, 0) is 19.1 Å². The van der Waals surface area contributed by atoms with Gasteiger partial charge in [-0.1, -0.05) is 20.1 Å². The first-order valence-electron chi connectivity index (χ1n) is 4.34. The molecule has 0 spiro atoms. The van der Waals surface area contributed by atoms with Crippen molar-refractivity contribution in [3.63, 3.8) is 0 Å². The highest BCUT2D eigenvalue weighted by molar-refractivity contribution is 5.82. The predicted molar refractivity (Wildman–Crippen MR) is 52.7 cm³/mol. The summed E-state index contributed by atoms with van der Waals surface area (Å²) < 4.78 is 9.19. The maximum atomic E-state index is 10.8. The van der Waals surface area contributed by atoms with Gasteiger partial charge in [-0.3, -0.25) is 0 Å². The van der Waals surface area contributed by atoms with Crippen molar-refractivity contribution in [1.29, 1.82) is 0 Å². The zero-order chi connectivity index (χ0) is 11.9. The topological polar surface area (TPSA) is 72.8 Å². The summed E-state index contributed by atoms with van der Waals surface area (Å²) in [5.74, 6) is -3.30. The first kappa shape index (κ1) is 13.4. The van der Waals surface area contributed by atoms with E-state index in [1.165, 1.54) is 0 Å². The van der Waals surface area contributed by atoms with Gasteiger partial charge in [0.1, 0.15) is 0 Å². The van der Waals surface area contributed by atoms with Gasteiger partial charge >= 0.3 is 11.9 Å². The lowest BCUT2D eigenvalue weighted by Gasteiger charge is -2.25. The molecule has 1 atom stereocenters. The normalized spacial score (nSPS) is 13.5. The third-order valence-corrected chi connectivity index (χ3v) is 1.62. The van der Waals surface area contributed by atoms with Crippen LogP contribution < -0.4 is 0 Å². The molecule has 0 bridgehead atoms. The van der Waals surface area contributed by atoms with Crippen LogP contribution in [0.4, 0.5) is 0 Å². The van der Waals surface area contributed by atoms with E-state index in [0.29, 0.717) is 0 Å². The summed E-state index contributed by atoms with van der Waals surface area (Å²) in [5, 5.41) is 9.66. The second-order valence-corrected chi connectivity index (χ2v) is 2.74. The van der Waals surface area contributed by atoms with E-state index in [9.17, 15) is 14.7 Å². The molecule has 0 rings (SSSR count). The molecule has 0 aromatic rings. The Bertz CT molecular complexity index is 271. The van der Waals surface area contributed by atoms with E-state index < -0.39 is 24.3 Å². The second kappa shape index (κ2) is 5.98. The predicted octanol–water partition coefficient (Wildman–Crippen LogP) is 0.543. The fourth-order valence-electron chi connectivity index (χ4n) is 0.675. The Kier molecular flexibility index (Phi) is 5.33. The minimum atomic E-state index is -1.82. The van der Waals surface area contributed by atoms with Crippen LogP contribution in [0.15, 0.2) is 25.3 Å². The molecule has 0 aliphatic rings. The number of rotatable bonds is 6. The second-order valence-electron chi connectivity index (χ2n) is 2.74. The van der Waals surface area contributed by atoms with Gasteiger partial charge in [-0.15, -0.1) is 0 Å². The third kappa shape index (κ3) is 4.97. The Morgan fingerprint density at radius 1 is 1.33 bits per heavy atom. The van der Waals surface area contributed by atoms with Gasteiger partial charge in [0.2, 0.25) is 5.79 Å². The fourth-order valence-corrected chi connectivity index (χ4v) is 0.675. The number of aliphatic hydroxyl groups is 1. The summed E-state index contributed by atoms with van der Waals surface area (Å²) in [6.07, 6.45) is 1.96. The van der Waals surface area contributed by atoms with Crippen LogP contribution in [0.2, 0.25) is 0 Å². The lowest BCUT2D eigenvalue weighted by Crippen LogP contribution is -2.39. The fraction of sp³-hybridized carbons (Fsp3) is 0.400. The summed E-state index contributed by atoms with van der Waals surface area (Å²) in [4.78, 5) is 21.6. The quantitative estimate of drug-likeness (QED) is 0.397. The molecule has 5 nitrogen and oxygen atoms in total. The van der Waals surface area contributed by atoms with Gasteiger partial charge in [0.15, 0.2) is 6.61 Å². The van der Waals surface area contributed by atoms with Crippen LogP contribution in [0.5, 0.6) is 0 Å². The number of esters is 2. The van der Waals surface area contributed by atoms with Crippen molar-refractivity contribution >= 4 is 11.9 Å². The molecule has 0 aromatic heterocycles. The first-order chi connectivity index (χ1) is 6.97. The van der Waals surface area contributed by atoms with Crippen LogP contribution in [0.25, 0.3) is 0 Å². The van der Waals surface area contributed by atoms with E-state index in [4.69, 9.17) is 0 Å². The lowest BCUT2D eigenvalue weighted by molar-refractivity contribution is -0.224. The van der Waals surface area contributed by atoms with E-state index in [0.717, 1.165) is 12.2 Å². The zero-order valence-corrected chi connectivity index (χ0v) is 8.56. The molecule has 84 valence electrons. The van der Waals surface area contributed by atoms with Gasteiger partial charge in [-0.05, 0) is 0 Å². The minimum absolute atomic E-state index is 0.0942. The van der Waals surface area contributed by atoms with Gasteiger partial charge in [-0.2, -0.15) is 0 Å². The molecule has 5 heteroatoms. The van der Waals surface area contributed by atoms with Gasteiger partial charge in [-0.25, -0.2) is 9.59 Å². The Hall–Kier alpha value is -1.62. The molecule has 0 saturated heterocycles. The minimum Gasteiger partial charge on any atom is -0.456 e. The Balaban J connectivity index is 4.29. The first-order valence-corrected chi connectivity index (χ1v) is 4.34. The number of ether oxygens (including phenoxy) is 2. The number of carbonyl (C=O) groups is 2. The van der Waals surface area contributed by atoms with Gasteiger partial charge in [0.25, 0.3) is 0 Å². The molecule has 0 radical (unpaired) electrons. The smallest absolute Gasteiger partial charge is 0.332 e. The van der Waals surface area contributed by atoms with Gasteiger partial charge in [0.05, 0.1) is 0 Å². The SMILES string of the molecule is C=CC(=O)OCC(O)(CC)OC(=O)C=C. The van der Waals surface area contributed by atoms with Gasteiger partial charge < -0.3 is 14.6 Å². The largest absolute Gasteiger partial charge is 0.456 e. The third-order valence-electron chi connectivity index (χ3n) is 1.62. The van der Waals surface area contributed by atoms with Gasteiger partial charge in [0, 0.05) is 18.6 Å². The van der Waals surface area contributed by atoms with Crippen LogP contribution in [0.1, 0.15) is 13.3 Å². The van der Waals surface area contributed by atoms with E-state index in [2.05, 4.69) is 22.6 Å². The van der Waals surface area contributed by atoms with Crippen LogP contribution in [0.3, 0.4) is 0 Å². The van der Waals surface area contributed by atoms with E-state index in [1.807, 2.05) is 0 Å². The van der Waals surface area contributed by atoms with Crippen molar-refractivity contribution in [3.8, 4) is 0 Å². The summed E-state index contributed by atoms with van der Waals surface area (Å²) in [5.41, 5.74) is 0. The molecule has 0 aromatic carbocycles. The molecule has 0 fully saturated rings. The number of hydrogen-bond donors (Lipinski definition) is 1. The van der Waals surface area contributed by atoms with E-state index in [1.54, 1.807) is 6.92 Å². The summed E-state index contributed by atoms with van der Waals surface area (Å²) in [6, 6.07) is 0. The summed E-state index contributed by atoms with van der Waals surface area (Å²) in [6.45, 7) is 7.51. The Morgan fingerprint density at radius 3 is 2.27 bits per heavy atom. The summed E-state index contributed by atoms with van der Waals surface area (Å²) in [7, 11) is 0. The van der Waals surface area contributed by atoms with E-state index in [-0.39, 0.29) is 6.42 Å². The van der Waals surface area contributed by atoms with Crippen molar-refractivity contribution in [1.82, 2.24) is 0 Å². The average molecular weight is 214 g/mol. The molecule has 1 N–H and O–H groups in total. The number of hydrogen-bond acceptors (Lipinski definition) is 5. The van der Waals surface area contributed by atoms with E-state index >= 15 is 0 Å². The molecule has 1 unspecified atom stereocenters. The molecular formula is C10H14O5. The maximum Gasteiger partial charge on any atom is 0.332 e. The standard InChI is InChI=1S/C10H14O5/c1-4-8(11)14-7-10(13,6-3)15-9(12)5-2/h4-5,13H,1-2,6-7H2,3H3. The van der Waals surface area contributed by atoms with Crippen molar-refractivity contribution in [2.45, 2.75) is 19.1 Å². The van der Waals surface area contributed by atoms with Crippen LogP contribution in [0, 0.1) is 0 Å². The highest BCUT2D eigenvalue weighted by atomic mass is 16.7. The monoisotopic (exact) mass is 214 g/mol.